The monoisotopic (exact) mass is 592 g/mol. The van der Waals surface area contributed by atoms with E-state index in [1.807, 2.05) is 19.1 Å². The van der Waals surface area contributed by atoms with E-state index in [-0.39, 0.29) is 28.3 Å². The molecule has 0 aliphatic carbocycles. The fourth-order valence-electron chi connectivity index (χ4n) is 4.58. The number of rotatable bonds is 8. The number of ether oxygens (including phenoxy) is 2. The van der Waals surface area contributed by atoms with Crippen LogP contribution in [0.25, 0.3) is 17.4 Å². The van der Waals surface area contributed by atoms with Crippen LogP contribution in [0.5, 0.6) is 5.75 Å². The number of fused-ring (bicyclic) bond motifs is 1. The number of aromatic nitrogens is 1. The summed E-state index contributed by atoms with van der Waals surface area (Å²) in [5.41, 5.74) is 1.71. The summed E-state index contributed by atoms with van der Waals surface area (Å²) in [5, 5.41) is 9.31. The number of halogens is 1. The molecule has 0 saturated carbocycles. The van der Waals surface area contributed by atoms with Crippen LogP contribution in [0, 0.1) is 0 Å². The molecule has 11 heteroatoms. The Bertz CT molecular complexity index is 1870. The summed E-state index contributed by atoms with van der Waals surface area (Å²) in [5.74, 6) is -0.125. The van der Waals surface area contributed by atoms with Gasteiger partial charge in [0.05, 0.1) is 45.6 Å². The first-order valence-electron chi connectivity index (χ1n) is 12.8. The molecule has 0 unspecified atom stereocenters. The molecule has 1 aliphatic rings. The number of carbonyl (C=O) groups excluding carboxylic acids is 1. The molecule has 0 bridgehead atoms. The highest BCUT2D eigenvalue weighted by Crippen LogP contribution is 2.32. The highest BCUT2D eigenvalue weighted by Gasteiger charge is 2.33. The van der Waals surface area contributed by atoms with Gasteiger partial charge in [-0.3, -0.25) is 9.36 Å². The fraction of sp³-hybridized carbons (Fsp3) is 0.200. The summed E-state index contributed by atoms with van der Waals surface area (Å²) in [4.78, 5) is 43.1. The largest absolute Gasteiger partial charge is 0.494 e. The first-order valence-corrected chi connectivity index (χ1v) is 14.0. The lowest BCUT2D eigenvalue weighted by atomic mass is 9.96. The molecule has 9 nitrogen and oxygen atoms in total. The normalized spacial score (nSPS) is 14.9. The van der Waals surface area contributed by atoms with Crippen molar-refractivity contribution in [3.8, 4) is 17.1 Å². The predicted molar refractivity (Wildman–Crippen MR) is 154 cm³/mol. The van der Waals surface area contributed by atoms with Gasteiger partial charge in [0.15, 0.2) is 4.80 Å². The minimum absolute atomic E-state index is 0.0112. The second-order valence-electron chi connectivity index (χ2n) is 9.01. The van der Waals surface area contributed by atoms with Crippen molar-refractivity contribution >= 4 is 41.0 Å². The summed E-state index contributed by atoms with van der Waals surface area (Å²) >= 11 is 7.30. The van der Waals surface area contributed by atoms with E-state index in [0.29, 0.717) is 50.0 Å². The highest BCUT2D eigenvalue weighted by atomic mass is 35.5. The number of aromatic carboxylic acids is 1. The number of furan rings is 1. The van der Waals surface area contributed by atoms with Crippen molar-refractivity contribution < 1.29 is 28.6 Å². The van der Waals surface area contributed by atoms with Gasteiger partial charge in [0.2, 0.25) is 0 Å². The van der Waals surface area contributed by atoms with Gasteiger partial charge in [-0.15, -0.1) is 0 Å². The van der Waals surface area contributed by atoms with Crippen LogP contribution < -0.4 is 19.6 Å². The minimum atomic E-state index is -1.12. The van der Waals surface area contributed by atoms with E-state index in [0.717, 1.165) is 0 Å². The van der Waals surface area contributed by atoms with Crippen molar-refractivity contribution in [1.82, 2.24) is 4.57 Å². The Balaban J connectivity index is 1.59. The van der Waals surface area contributed by atoms with E-state index >= 15 is 0 Å². The molecule has 41 heavy (non-hydrogen) atoms. The molecule has 2 aromatic carbocycles. The average Bonchev–Trinajstić information content (AvgIpc) is 3.52. The lowest BCUT2D eigenvalue weighted by Crippen LogP contribution is -2.39. The van der Waals surface area contributed by atoms with Crippen LogP contribution in [0.2, 0.25) is 5.02 Å². The maximum Gasteiger partial charge on any atom is 0.338 e. The Morgan fingerprint density at radius 1 is 1.12 bits per heavy atom. The Kier molecular flexibility index (Phi) is 7.96. The zero-order valence-corrected chi connectivity index (χ0v) is 23.9. The number of carbonyl (C=O) groups is 2. The minimum Gasteiger partial charge on any atom is -0.494 e. The molecule has 5 rings (SSSR count). The number of carboxylic acid groups (broad SMARTS) is 1. The van der Waals surface area contributed by atoms with E-state index in [1.54, 1.807) is 50.3 Å². The number of carboxylic acids is 1. The molecule has 0 radical (unpaired) electrons. The maximum atomic E-state index is 13.8. The summed E-state index contributed by atoms with van der Waals surface area (Å²) < 4.78 is 18.7. The summed E-state index contributed by atoms with van der Waals surface area (Å²) in [6, 6.07) is 14.4. The molecule has 1 aliphatic heterocycles. The van der Waals surface area contributed by atoms with Crippen molar-refractivity contribution in [2.45, 2.75) is 26.8 Å². The SMILES string of the molecule is CCOC(=O)C1=C(C)N=c2s/c(=C\c3ccc(-c4ccc(C(=O)O)c(Cl)c4)o3)c(=O)n2[C@H]1c1ccc(OCC)cc1. The van der Waals surface area contributed by atoms with Gasteiger partial charge in [-0.2, -0.15) is 0 Å². The maximum absolute atomic E-state index is 13.8. The van der Waals surface area contributed by atoms with Gasteiger partial charge in [0.25, 0.3) is 5.56 Å². The third-order valence-corrected chi connectivity index (χ3v) is 7.70. The quantitative estimate of drug-likeness (QED) is 0.292. The van der Waals surface area contributed by atoms with Gasteiger partial charge < -0.3 is 19.0 Å². The Hall–Kier alpha value is -4.41. The molecule has 1 atom stereocenters. The van der Waals surface area contributed by atoms with Crippen molar-refractivity contribution in [3.63, 3.8) is 0 Å². The Labute approximate surface area is 243 Å². The number of allylic oxidation sites excluding steroid dienone is 1. The summed E-state index contributed by atoms with van der Waals surface area (Å²) in [7, 11) is 0. The van der Waals surface area contributed by atoms with Crippen molar-refractivity contribution in [3.05, 3.63) is 107 Å². The van der Waals surface area contributed by atoms with E-state index in [4.69, 9.17) is 25.5 Å². The van der Waals surface area contributed by atoms with Gasteiger partial charge in [-0.25, -0.2) is 14.6 Å². The zero-order chi connectivity index (χ0) is 29.3. The number of hydrogen-bond acceptors (Lipinski definition) is 8. The number of nitrogens with zero attached hydrogens (tertiary/aromatic N) is 2. The van der Waals surface area contributed by atoms with Crippen molar-refractivity contribution in [2.24, 2.45) is 4.99 Å². The van der Waals surface area contributed by atoms with Crippen molar-refractivity contribution in [2.75, 3.05) is 13.2 Å². The molecule has 0 saturated heterocycles. The van der Waals surface area contributed by atoms with E-state index in [1.165, 1.54) is 28.0 Å². The van der Waals surface area contributed by atoms with Crippen molar-refractivity contribution in [1.29, 1.82) is 0 Å². The third kappa shape index (κ3) is 5.48. The summed E-state index contributed by atoms with van der Waals surface area (Å²) in [6.45, 7) is 6.03. The van der Waals surface area contributed by atoms with Crippen LogP contribution in [0.1, 0.15) is 48.5 Å². The number of thiazole rings is 1. The number of benzene rings is 2. The third-order valence-electron chi connectivity index (χ3n) is 6.41. The lowest BCUT2D eigenvalue weighted by molar-refractivity contribution is -0.139. The van der Waals surface area contributed by atoms with Crippen LogP contribution in [-0.2, 0) is 9.53 Å². The van der Waals surface area contributed by atoms with E-state index in [9.17, 15) is 19.5 Å². The molecule has 0 amide bonds. The molecular weight excluding hydrogens is 568 g/mol. The first-order chi connectivity index (χ1) is 19.7. The van der Waals surface area contributed by atoms with Gasteiger partial charge in [0, 0.05) is 11.6 Å². The van der Waals surface area contributed by atoms with Gasteiger partial charge in [-0.05, 0) is 62.7 Å². The average molecular weight is 593 g/mol. The first kappa shape index (κ1) is 28.1. The van der Waals surface area contributed by atoms with E-state index < -0.39 is 18.0 Å². The van der Waals surface area contributed by atoms with Gasteiger partial charge in [-0.1, -0.05) is 41.1 Å². The number of esters is 1. The van der Waals surface area contributed by atoms with Crippen LogP contribution in [0.15, 0.2) is 80.1 Å². The molecular formula is C30H25ClN2O7S. The van der Waals surface area contributed by atoms with Crippen LogP contribution >= 0.6 is 22.9 Å². The highest BCUT2D eigenvalue weighted by molar-refractivity contribution is 7.07. The van der Waals surface area contributed by atoms with Crippen LogP contribution in [-0.4, -0.2) is 34.8 Å². The second kappa shape index (κ2) is 11.6. The Morgan fingerprint density at radius 3 is 2.54 bits per heavy atom. The topological polar surface area (TPSA) is 120 Å². The van der Waals surface area contributed by atoms with E-state index in [2.05, 4.69) is 4.99 Å². The van der Waals surface area contributed by atoms with Gasteiger partial charge >= 0.3 is 11.9 Å². The lowest BCUT2D eigenvalue weighted by Gasteiger charge is -2.24. The molecule has 1 N–H and O–H groups in total. The predicted octanol–water partition coefficient (Wildman–Crippen LogP) is 4.81. The molecule has 210 valence electrons. The molecule has 0 fully saturated rings. The molecule has 3 heterocycles. The summed E-state index contributed by atoms with van der Waals surface area (Å²) in [6.07, 6.45) is 1.61. The van der Waals surface area contributed by atoms with Crippen LogP contribution in [0.4, 0.5) is 0 Å². The van der Waals surface area contributed by atoms with Crippen LogP contribution in [0.3, 0.4) is 0 Å². The Morgan fingerprint density at radius 2 is 1.88 bits per heavy atom. The molecule has 4 aromatic rings. The second-order valence-corrected chi connectivity index (χ2v) is 10.4. The standard InChI is InChI=1S/C30H25ClN2O7S/c1-4-38-19-9-6-17(7-10-19)26-25(29(37)39-5-2)16(3)32-30-33(26)27(34)24(41-30)15-20-11-13-23(40-20)18-8-12-21(28(35)36)22(31)14-18/h6-15,26H,4-5H2,1-3H3,(H,35,36)/b24-15-/t26-/m0/s1. The van der Waals surface area contributed by atoms with Gasteiger partial charge in [0.1, 0.15) is 17.3 Å². The zero-order valence-electron chi connectivity index (χ0n) is 22.3. The molecule has 0 spiro atoms. The number of hydrogen-bond donors (Lipinski definition) is 1. The molecule has 2 aromatic heterocycles. The fourth-order valence-corrected chi connectivity index (χ4v) is 5.86. The smallest absolute Gasteiger partial charge is 0.338 e.